The maximum Gasteiger partial charge on any atom is 0.356 e. The van der Waals surface area contributed by atoms with E-state index in [0.29, 0.717) is 11.5 Å². The first-order chi connectivity index (χ1) is 8.70. The van der Waals surface area contributed by atoms with E-state index < -0.39 is 5.97 Å². The number of aromatic nitrogens is 1. The lowest BCUT2D eigenvalue weighted by Gasteiger charge is -2.07. The van der Waals surface area contributed by atoms with Crippen LogP contribution in [0.2, 0.25) is 0 Å². The summed E-state index contributed by atoms with van der Waals surface area (Å²) in [5, 5.41) is 0. The Bertz CT molecular complexity index is 572. The maximum atomic E-state index is 11.3. The predicted octanol–water partition coefficient (Wildman–Crippen LogP) is 3.42. The van der Waals surface area contributed by atoms with Crippen LogP contribution in [0.4, 0.5) is 0 Å². The number of rotatable bonds is 3. The number of pyridine rings is 1. The molecule has 0 bridgehead atoms. The number of para-hydroxylation sites is 1. The summed E-state index contributed by atoms with van der Waals surface area (Å²) in [6, 6.07) is 10.7. The van der Waals surface area contributed by atoms with Gasteiger partial charge in [-0.05, 0) is 34.1 Å². The molecule has 0 radical (unpaired) electrons. The number of ether oxygens (including phenoxy) is 2. The van der Waals surface area contributed by atoms with Crippen LogP contribution in [0.15, 0.2) is 47.1 Å². The van der Waals surface area contributed by atoms with Crippen molar-refractivity contribution in [3.05, 3.63) is 52.8 Å². The minimum atomic E-state index is -0.493. The summed E-state index contributed by atoms with van der Waals surface area (Å²) in [4.78, 5) is 15.2. The summed E-state index contributed by atoms with van der Waals surface area (Å²) in [7, 11) is 1.31. The summed E-state index contributed by atoms with van der Waals surface area (Å²) >= 11 is 3.38. The van der Waals surface area contributed by atoms with Crippen LogP contribution < -0.4 is 4.74 Å². The van der Waals surface area contributed by atoms with Crippen LogP contribution in [0.5, 0.6) is 11.5 Å². The topological polar surface area (TPSA) is 48.4 Å². The van der Waals surface area contributed by atoms with Crippen molar-refractivity contribution in [2.75, 3.05) is 7.11 Å². The van der Waals surface area contributed by atoms with Crippen LogP contribution in [0, 0.1) is 0 Å². The molecule has 0 aliphatic heterocycles. The molecule has 0 N–H and O–H groups in total. The first-order valence-corrected chi connectivity index (χ1v) is 5.97. The van der Waals surface area contributed by atoms with Gasteiger partial charge < -0.3 is 9.47 Å². The monoisotopic (exact) mass is 307 g/mol. The largest absolute Gasteiger partial charge is 0.464 e. The highest BCUT2D eigenvalue weighted by Gasteiger charge is 2.09. The zero-order chi connectivity index (χ0) is 13.0. The fraction of sp³-hybridized carbons (Fsp3) is 0.0769. The molecular formula is C13H10BrNO3. The average molecular weight is 308 g/mol. The van der Waals surface area contributed by atoms with Gasteiger partial charge in [0, 0.05) is 12.3 Å². The molecule has 0 atom stereocenters. The van der Waals surface area contributed by atoms with E-state index in [2.05, 4.69) is 25.7 Å². The van der Waals surface area contributed by atoms with Gasteiger partial charge in [-0.25, -0.2) is 9.78 Å². The molecule has 0 aliphatic carbocycles. The van der Waals surface area contributed by atoms with E-state index in [4.69, 9.17) is 4.74 Å². The zero-order valence-electron chi connectivity index (χ0n) is 9.59. The Hall–Kier alpha value is -1.88. The third kappa shape index (κ3) is 2.87. The highest BCUT2D eigenvalue weighted by molar-refractivity contribution is 9.10. The Morgan fingerprint density at radius 3 is 2.78 bits per heavy atom. The molecular weight excluding hydrogens is 298 g/mol. The Balaban J connectivity index is 2.25. The summed E-state index contributed by atoms with van der Waals surface area (Å²) in [6.07, 6.45) is 1.50. The van der Waals surface area contributed by atoms with Gasteiger partial charge in [-0.3, -0.25) is 0 Å². The molecule has 0 amide bonds. The highest BCUT2D eigenvalue weighted by Crippen LogP contribution is 2.29. The van der Waals surface area contributed by atoms with Gasteiger partial charge in [0.25, 0.3) is 0 Å². The van der Waals surface area contributed by atoms with E-state index in [1.54, 1.807) is 6.07 Å². The highest BCUT2D eigenvalue weighted by atomic mass is 79.9. The van der Waals surface area contributed by atoms with Crippen LogP contribution in [0.3, 0.4) is 0 Å². The molecule has 2 aromatic rings. The van der Waals surface area contributed by atoms with Gasteiger partial charge in [-0.2, -0.15) is 0 Å². The third-order valence-corrected chi connectivity index (χ3v) is 2.85. The van der Waals surface area contributed by atoms with Gasteiger partial charge in [0.1, 0.15) is 11.5 Å². The van der Waals surface area contributed by atoms with Crippen molar-refractivity contribution < 1.29 is 14.3 Å². The number of benzene rings is 1. The second kappa shape index (κ2) is 5.64. The van der Waals surface area contributed by atoms with Crippen LogP contribution in [0.25, 0.3) is 0 Å². The minimum Gasteiger partial charge on any atom is -0.464 e. The molecule has 0 saturated carbocycles. The molecule has 5 heteroatoms. The first kappa shape index (κ1) is 12.6. The van der Waals surface area contributed by atoms with Crippen molar-refractivity contribution in [3.8, 4) is 11.5 Å². The molecule has 1 heterocycles. The van der Waals surface area contributed by atoms with E-state index in [9.17, 15) is 4.79 Å². The molecule has 0 fully saturated rings. The smallest absolute Gasteiger partial charge is 0.356 e. The van der Waals surface area contributed by atoms with Gasteiger partial charge in [0.15, 0.2) is 5.69 Å². The zero-order valence-corrected chi connectivity index (χ0v) is 11.2. The molecule has 1 aromatic heterocycles. The lowest BCUT2D eigenvalue weighted by atomic mass is 10.3. The maximum absolute atomic E-state index is 11.3. The number of halogens is 1. The molecule has 0 unspecified atom stereocenters. The van der Waals surface area contributed by atoms with Crippen LogP contribution >= 0.6 is 15.9 Å². The predicted molar refractivity (Wildman–Crippen MR) is 69.8 cm³/mol. The quantitative estimate of drug-likeness (QED) is 0.815. The lowest BCUT2D eigenvalue weighted by molar-refractivity contribution is 0.0593. The average Bonchev–Trinajstić information content (AvgIpc) is 2.41. The molecule has 18 heavy (non-hydrogen) atoms. The number of nitrogens with zero attached hydrogens (tertiary/aromatic N) is 1. The van der Waals surface area contributed by atoms with Crippen LogP contribution in [0.1, 0.15) is 10.5 Å². The van der Waals surface area contributed by atoms with Gasteiger partial charge in [0.05, 0.1) is 11.6 Å². The van der Waals surface area contributed by atoms with Gasteiger partial charge in [-0.1, -0.05) is 12.1 Å². The molecule has 0 aliphatic rings. The lowest BCUT2D eigenvalue weighted by Crippen LogP contribution is -2.03. The number of hydrogen-bond donors (Lipinski definition) is 0. The summed E-state index contributed by atoms with van der Waals surface area (Å²) in [6.45, 7) is 0. The molecule has 92 valence electrons. The van der Waals surface area contributed by atoms with E-state index in [1.165, 1.54) is 19.4 Å². The standard InChI is InChI=1S/C13H10BrNO3/c1-17-13(16)11-8-9(6-7-15-11)18-12-5-3-2-4-10(12)14/h2-8H,1H3. The molecule has 4 nitrogen and oxygen atoms in total. The van der Waals surface area contributed by atoms with Crippen molar-refractivity contribution >= 4 is 21.9 Å². The van der Waals surface area contributed by atoms with E-state index in [-0.39, 0.29) is 5.69 Å². The summed E-state index contributed by atoms with van der Waals surface area (Å²) in [5.41, 5.74) is 0.210. The fourth-order valence-electron chi connectivity index (χ4n) is 1.35. The van der Waals surface area contributed by atoms with Crippen LogP contribution in [-0.2, 0) is 4.74 Å². The third-order valence-electron chi connectivity index (χ3n) is 2.19. The number of methoxy groups -OCH3 is 1. The Morgan fingerprint density at radius 1 is 1.28 bits per heavy atom. The van der Waals surface area contributed by atoms with Crippen LogP contribution in [-0.4, -0.2) is 18.1 Å². The number of carbonyl (C=O) groups excluding carboxylic acids is 1. The van der Waals surface area contributed by atoms with Gasteiger partial charge in [0.2, 0.25) is 0 Å². The van der Waals surface area contributed by atoms with E-state index in [0.717, 1.165) is 4.47 Å². The minimum absolute atomic E-state index is 0.210. The second-order valence-corrected chi connectivity index (χ2v) is 4.26. The molecule has 2 rings (SSSR count). The normalized spacial score (nSPS) is 9.89. The first-order valence-electron chi connectivity index (χ1n) is 5.17. The SMILES string of the molecule is COC(=O)c1cc(Oc2ccccc2Br)ccn1. The van der Waals surface area contributed by atoms with E-state index in [1.807, 2.05) is 24.3 Å². The van der Waals surface area contributed by atoms with Gasteiger partial charge in [-0.15, -0.1) is 0 Å². The van der Waals surface area contributed by atoms with Crippen molar-refractivity contribution in [1.82, 2.24) is 4.98 Å². The Morgan fingerprint density at radius 2 is 2.06 bits per heavy atom. The Kier molecular flexibility index (Phi) is 3.94. The van der Waals surface area contributed by atoms with Crippen molar-refractivity contribution in [3.63, 3.8) is 0 Å². The number of esters is 1. The van der Waals surface area contributed by atoms with Gasteiger partial charge >= 0.3 is 5.97 Å². The van der Waals surface area contributed by atoms with Crippen molar-refractivity contribution in [1.29, 1.82) is 0 Å². The van der Waals surface area contributed by atoms with Crippen molar-refractivity contribution in [2.45, 2.75) is 0 Å². The fourth-order valence-corrected chi connectivity index (χ4v) is 1.71. The van der Waals surface area contributed by atoms with E-state index >= 15 is 0 Å². The molecule has 0 spiro atoms. The van der Waals surface area contributed by atoms with Crippen molar-refractivity contribution in [2.24, 2.45) is 0 Å². The summed E-state index contributed by atoms with van der Waals surface area (Å²) in [5.74, 6) is 0.699. The molecule has 1 aromatic carbocycles. The Labute approximate surface area is 113 Å². The number of hydrogen-bond acceptors (Lipinski definition) is 4. The second-order valence-electron chi connectivity index (χ2n) is 3.40. The summed E-state index contributed by atoms with van der Waals surface area (Å²) < 4.78 is 11.1. The molecule has 0 saturated heterocycles. The number of carbonyl (C=O) groups is 1.